The fourth-order valence-corrected chi connectivity index (χ4v) is 6.21. The lowest BCUT2D eigenvalue weighted by atomic mass is 10.1. The molecule has 7 aliphatic heterocycles. The summed E-state index contributed by atoms with van der Waals surface area (Å²) in [6.07, 6.45) is 0. The lowest BCUT2D eigenvalue weighted by Gasteiger charge is -2.24. The first-order valence-corrected chi connectivity index (χ1v) is 18.7. The molecule has 6 heteroatoms. The topological polar surface area (TPSA) is 19.4 Å². The second-order valence-corrected chi connectivity index (χ2v) is 14.8. The van der Waals surface area contributed by atoms with Gasteiger partial charge in [0.2, 0.25) is 0 Å². The molecule has 0 saturated heterocycles. The van der Waals surface area contributed by atoms with Gasteiger partial charge in [-0.2, -0.15) is 0 Å². The molecule has 272 valence electrons. The lowest BCUT2D eigenvalue weighted by molar-refractivity contribution is 0.221. The molecule has 4 aromatic rings. The van der Waals surface area contributed by atoms with Crippen LogP contribution in [0.4, 0.5) is 0 Å². The predicted octanol–water partition coefficient (Wildman–Crippen LogP) is 5.79. The van der Waals surface area contributed by atoms with Gasteiger partial charge in [0.1, 0.15) is 0 Å². The van der Waals surface area contributed by atoms with Crippen LogP contribution < -0.4 is 0 Å². The van der Waals surface area contributed by atoms with E-state index in [2.05, 4.69) is 192 Å². The first-order chi connectivity index (χ1) is 25.2. The number of rotatable bonds is 0. The van der Waals surface area contributed by atoms with E-state index < -0.39 is 0 Å². The maximum absolute atomic E-state index is 3.35. The summed E-state index contributed by atoms with van der Waals surface area (Å²) in [5.74, 6) is 13.4. The minimum Gasteiger partial charge on any atom is -0.304 e. The standard InChI is InChI=1S/C46H58N6/c1-47-27-31-49(3)35-43-19-11-39(12-20-43)7-9-41-15-23-45(24-16-41)37-51(5)33-29-48(2)30-34-52(6)38-46-25-17-42(18-26-46)10-8-40-13-21-44(22-14-40)36-50(4)32-28-47/h11-26H,27-38H2,1-6H3. The van der Waals surface area contributed by atoms with E-state index >= 15 is 0 Å². The minimum atomic E-state index is 0.928. The Kier molecular flexibility index (Phi) is 15.1. The molecule has 0 unspecified atom stereocenters. The Hall–Kier alpha value is -4.24. The molecule has 0 fully saturated rings. The number of likely N-dealkylation sites (N-methyl/N-ethyl adjacent to an activating group) is 6. The van der Waals surface area contributed by atoms with Crippen molar-refractivity contribution in [3.8, 4) is 23.7 Å². The molecule has 0 aliphatic carbocycles. The van der Waals surface area contributed by atoms with Crippen molar-refractivity contribution in [3.63, 3.8) is 0 Å². The smallest absolute Gasteiger partial charge is 0.0249 e. The van der Waals surface area contributed by atoms with E-state index in [1.54, 1.807) is 0 Å². The Labute approximate surface area is 314 Å². The number of hydrogen-bond donors (Lipinski definition) is 0. The van der Waals surface area contributed by atoms with Crippen LogP contribution in [0.15, 0.2) is 97.1 Å². The van der Waals surface area contributed by atoms with Crippen molar-refractivity contribution in [1.82, 2.24) is 29.4 Å². The first kappa shape index (κ1) is 39.0. The van der Waals surface area contributed by atoms with Crippen molar-refractivity contribution >= 4 is 0 Å². The molecular formula is C46H58N6. The Balaban J connectivity index is 1.20. The van der Waals surface area contributed by atoms with Crippen molar-refractivity contribution in [2.75, 3.05) is 94.6 Å². The van der Waals surface area contributed by atoms with Gasteiger partial charge in [0.05, 0.1) is 0 Å². The molecular weight excluding hydrogens is 637 g/mol. The molecule has 0 radical (unpaired) electrons. The molecule has 0 atom stereocenters. The molecule has 0 amide bonds. The van der Waals surface area contributed by atoms with Crippen LogP contribution in [0.25, 0.3) is 0 Å². The van der Waals surface area contributed by atoms with E-state index in [4.69, 9.17) is 0 Å². The van der Waals surface area contributed by atoms with E-state index in [1.165, 1.54) is 22.3 Å². The monoisotopic (exact) mass is 694 g/mol. The highest BCUT2D eigenvalue weighted by Crippen LogP contribution is 2.11. The van der Waals surface area contributed by atoms with Gasteiger partial charge in [0, 0.05) is 101 Å². The third-order valence-electron chi connectivity index (χ3n) is 9.78. The van der Waals surface area contributed by atoms with Crippen LogP contribution in [-0.4, -0.2) is 124 Å². The summed E-state index contributed by atoms with van der Waals surface area (Å²) >= 11 is 0. The van der Waals surface area contributed by atoms with Crippen molar-refractivity contribution in [1.29, 1.82) is 0 Å². The molecule has 0 spiro atoms. The van der Waals surface area contributed by atoms with Crippen LogP contribution in [0, 0.1) is 23.7 Å². The Morgan fingerprint density at radius 3 is 0.635 bits per heavy atom. The Morgan fingerprint density at radius 1 is 0.269 bits per heavy atom. The SMILES string of the molecule is CN1CCN(C)Cc2ccc(cc2)C#Cc2ccc(cc2)CN(C)CCN(C)CCN(C)Cc2ccc(cc2)C#Cc2ccc(cc2)CN(C)CC1. The predicted molar refractivity (Wildman–Crippen MR) is 218 cm³/mol. The fourth-order valence-electron chi connectivity index (χ4n) is 6.21. The molecule has 11 rings (SSSR count). The van der Waals surface area contributed by atoms with E-state index in [-0.39, 0.29) is 0 Å². The molecule has 6 nitrogen and oxygen atoms in total. The second-order valence-electron chi connectivity index (χ2n) is 14.8. The summed E-state index contributed by atoms with van der Waals surface area (Å²) < 4.78 is 0. The molecule has 0 aromatic heterocycles. The van der Waals surface area contributed by atoms with Gasteiger partial charge in [-0.3, -0.25) is 0 Å². The van der Waals surface area contributed by atoms with Crippen molar-refractivity contribution in [2.24, 2.45) is 0 Å². The van der Waals surface area contributed by atoms with E-state index in [0.29, 0.717) is 0 Å². The van der Waals surface area contributed by atoms with E-state index in [0.717, 1.165) is 101 Å². The zero-order valence-corrected chi connectivity index (χ0v) is 32.4. The van der Waals surface area contributed by atoms with Crippen molar-refractivity contribution in [2.45, 2.75) is 26.2 Å². The third kappa shape index (κ3) is 13.7. The maximum atomic E-state index is 3.35. The molecule has 7 aliphatic rings. The van der Waals surface area contributed by atoms with Gasteiger partial charge in [0.15, 0.2) is 0 Å². The average Bonchev–Trinajstić information content (AvgIpc) is 3.15. The van der Waals surface area contributed by atoms with Crippen LogP contribution in [0.1, 0.15) is 44.5 Å². The second kappa shape index (κ2) is 20.1. The molecule has 7 heterocycles. The first-order valence-electron chi connectivity index (χ1n) is 18.7. The highest BCUT2D eigenvalue weighted by Gasteiger charge is 2.08. The summed E-state index contributed by atoms with van der Waals surface area (Å²) in [6, 6.07) is 34.8. The van der Waals surface area contributed by atoms with Crippen LogP contribution in [-0.2, 0) is 26.2 Å². The van der Waals surface area contributed by atoms with E-state index in [1.807, 2.05) is 0 Å². The summed E-state index contributed by atoms with van der Waals surface area (Å²) in [7, 11) is 13.3. The van der Waals surface area contributed by atoms with Gasteiger partial charge in [0.25, 0.3) is 0 Å². The summed E-state index contributed by atoms with van der Waals surface area (Å²) in [5, 5.41) is 0. The Bertz CT molecular complexity index is 1510. The van der Waals surface area contributed by atoms with Crippen LogP contribution >= 0.6 is 0 Å². The van der Waals surface area contributed by atoms with Gasteiger partial charge in [-0.05, 0) is 113 Å². The average molecular weight is 695 g/mol. The van der Waals surface area contributed by atoms with Crippen molar-refractivity contribution < 1.29 is 0 Å². The zero-order chi connectivity index (χ0) is 36.7. The maximum Gasteiger partial charge on any atom is 0.0249 e. The highest BCUT2D eigenvalue weighted by atomic mass is 15.2. The molecule has 4 aromatic carbocycles. The van der Waals surface area contributed by atoms with Gasteiger partial charge in [-0.1, -0.05) is 72.2 Å². The van der Waals surface area contributed by atoms with Crippen molar-refractivity contribution in [3.05, 3.63) is 142 Å². The molecule has 0 saturated carbocycles. The quantitative estimate of drug-likeness (QED) is 0.216. The third-order valence-corrected chi connectivity index (χ3v) is 9.78. The Morgan fingerprint density at radius 2 is 0.442 bits per heavy atom. The number of benzene rings is 4. The summed E-state index contributed by atoms with van der Waals surface area (Å²) in [5.41, 5.74) is 9.44. The lowest BCUT2D eigenvalue weighted by Crippen LogP contribution is -2.35. The number of nitrogens with zero attached hydrogens (tertiary/aromatic N) is 6. The number of hydrogen-bond acceptors (Lipinski definition) is 6. The van der Waals surface area contributed by atoms with Crippen LogP contribution in [0.3, 0.4) is 0 Å². The van der Waals surface area contributed by atoms with E-state index in [9.17, 15) is 0 Å². The molecule has 8 bridgehead atoms. The summed E-state index contributed by atoms with van der Waals surface area (Å²) in [4.78, 5) is 14.4. The largest absolute Gasteiger partial charge is 0.304 e. The highest BCUT2D eigenvalue weighted by molar-refractivity contribution is 5.45. The zero-order valence-electron chi connectivity index (χ0n) is 32.4. The molecule has 0 N–H and O–H groups in total. The normalized spacial score (nSPS) is 18.0. The van der Waals surface area contributed by atoms with Crippen LogP contribution in [0.5, 0.6) is 0 Å². The van der Waals surface area contributed by atoms with Gasteiger partial charge < -0.3 is 29.4 Å². The van der Waals surface area contributed by atoms with Crippen LogP contribution in [0.2, 0.25) is 0 Å². The van der Waals surface area contributed by atoms with Gasteiger partial charge in [-0.25, -0.2) is 0 Å². The van der Waals surface area contributed by atoms with Gasteiger partial charge >= 0.3 is 0 Å². The minimum absolute atomic E-state index is 0.928. The van der Waals surface area contributed by atoms with Gasteiger partial charge in [-0.15, -0.1) is 0 Å². The fraction of sp³-hybridized carbons (Fsp3) is 0.391. The molecule has 52 heavy (non-hydrogen) atoms. The summed E-state index contributed by atoms with van der Waals surface area (Å²) in [6.45, 7) is 11.9.